The third kappa shape index (κ3) is 10.4. The fourth-order valence-corrected chi connectivity index (χ4v) is 5.11. The van der Waals surface area contributed by atoms with Gasteiger partial charge in [0.25, 0.3) is 0 Å². The van der Waals surface area contributed by atoms with Gasteiger partial charge in [0, 0.05) is 32.7 Å². The molecular formula is C27H42N2O6S. The fourth-order valence-electron chi connectivity index (χ4n) is 3.96. The normalized spacial score (nSPS) is 14.4. The van der Waals surface area contributed by atoms with E-state index < -0.39 is 22.2 Å². The van der Waals surface area contributed by atoms with Gasteiger partial charge in [0.1, 0.15) is 0 Å². The topological polar surface area (TPSA) is 120 Å². The smallest absolute Gasteiger partial charge is 0.215 e. The number of methoxy groups -OCH3 is 2. The summed E-state index contributed by atoms with van der Waals surface area (Å²) in [7, 11) is -0.304. The Kier molecular flexibility index (Phi) is 12.7. The molecule has 0 saturated carbocycles. The van der Waals surface area contributed by atoms with E-state index in [1.165, 1.54) is 0 Å². The summed E-state index contributed by atoms with van der Waals surface area (Å²) >= 11 is 0. The number of benzene rings is 2. The summed E-state index contributed by atoms with van der Waals surface area (Å²) in [5.74, 6) is 1.71. The molecule has 8 nitrogen and oxygen atoms in total. The first-order chi connectivity index (χ1) is 17.1. The molecule has 0 radical (unpaired) electrons. The summed E-state index contributed by atoms with van der Waals surface area (Å²) in [6, 6.07) is 14.3. The van der Waals surface area contributed by atoms with Crippen molar-refractivity contribution in [2.75, 3.05) is 34.0 Å². The van der Waals surface area contributed by atoms with Gasteiger partial charge in [0.05, 0.1) is 25.6 Å². The van der Waals surface area contributed by atoms with Gasteiger partial charge in [-0.1, -0.05) is 50.2 Å². The Morgan fingerprint density at radius 2 is 1.72 bits per heavy atom. The van der Waals surface area contributed by atoms with Crippen LogP contribution >= 0.6 is 0 Å². The van der Waals surface area contributed by atoms with Crippen molar-refractivity contribution >= 4 is 10.0 Å². The number of nitrogens with one attached hydrogen (secondary N) is 1. The molecule has 0 fully saturated rings. The van der Waals surface area contributed by atoms with E-state index in [2.05, 4.69) is 18.6 Å². The van der Waals surface area contributed by atoms with Gasteiger partial charge in [-0.15, -0.1) is 0 Å². The van der Waals surface area contributed by atoms with Crippen LogP contribution in [0.3, 0.4) is 0 Å². The first kappa shape index (κ1) is 30.1. The molecule has 4 N–H and O–H groups in total. The monoisotopic (exact) mass is 522 g/mol. The highest BCUT2D eigenvalue weighted by Crippen LogP contribution is 2.31. The van der Waals surface area contributed by atoms with Crippen LogP contribution in [0.2, 0.25) is 0 Å². The molecule has 0 bridgehead atoms. The predicted molar refractivity (Wildman–Crippen MR) is 143 cm³/mol. The zero-order chi connectivity index (χ0) is 26.6. The third-order valence-corrected chi connectivity index (χ3v) is 7.52. The number of hydrogen-bond acceptors (Lipinski definition) is 7. The number of aliphatic hydroxyl groups is 1. The third-order valence-electron chi connectivity index (χ3n) is 6.20. The van der Waals surface area contributed by atoms with E-state index >= 15 is 0 Å². The van der Waals surface area contributed by atoms with E-state index in [-0.39, 0.29) is 18.2 Å². The van der Waals surface area contributed by atoms with Crippen LogP contribution in [0.25, 0.3) is 0 Å². The highest BCUT2D eigenvalue weighted by atomic mass is 32.2. The highest BCUT2D eigenvalue weighted by Gasteiger charge is 2.24. The van der Waals surface area contributed by atoms with Crippen molar-refractivity contribution in [2.45, 2.75) is 51.0 Å². The number of rotatable bonds is 17. The largest absolute Gasteiger partial charge is 0.493 e. The lowest BCUT2D eigenvalue weighted by molar-refractivity contribution is 0.129. The average molecular weight is 523 g/mol. The molecule has 0 aliphatic rings. The summed E-state index contributed by atoms with van der Waals surface area (Å²) in [5, 5.41) is 10.6. The van der Waals surface area contributed by atoms with Gasteiger partial charge in [-0.25, -0.2) is 13.1 Å². The number of aliphatic hydroxyl groups excluding tert-OH is 1. The number of hydrogen-bond donors (Lipinski definition) is 3. The number of ether oxygens (including phenoxy) is 3. The maximum absolute atomic E-state index is 12.4. The standard InChI is InChI=1S/C27H42N2O6S/c1-20(2)23(15-22-11-12-26(34-4)27(16-22)35-14-8-13-33-3)17-24(28)25(30)18-29-36(31,32)19-21-9-6-5-7-10-21/h5-7,9-12,16,20,23-25,29-30H,8,13-15,17-19,28H2,1-4H3. The van der Waals surface area contributed by atoms with Crippen LogP contribution in [0, 0.1) is 11.8 Å². The molecule has 0 amide bonds. The molecule has 0 spiro atoms. The zero-order valence-electron chi connectivity index (χ0n) is 21.9. The van der Waals surface area contributed by atoms with E-state index in [9.17, 15) is 13.5 Å². The van der Waals surface area contributed by atoms with Crippen molar-refractivity contribution in [3.05, 3.63) is 59.7 Å². The lowest BCUT2D eigenvalue weighted by Crippen LogP contribution is -2.45. The van der Waals surface area contributed by atoms with E-state index in [0.717, 1.165) is 18.4 Å². The molecule has 0 aromatic heterocycles. The lowest BCUT2D eigenvalue weighted by Gasteiger charge is -2.27. The minimum Gasteiger partial charge on any atom is -0.493 e. The molecule has 0 saturated heterocycles. The van der Waals surface area contributed by atoms with E-state index in [4.69, 9.17) is 19.9 Å². The maximum atomic E-state index is 12.4. The zero-order valence-corrected chi connectivity index (χ0v) is 22.7. The number of nitrogens with two attached hydrogens (primary N) is 1. The van der Waals surface area contributed by atoms with Crippen LogP contribution in [0.15, 0.2) is 48.5 Å². The van der Waals surface area contributed by atoms with E-state index in [0.29, 0.717) is 42.6 Å². The van der Waals surface area contributed by atoms with Crippen molar-refractivity contribution in [2.24, 2.45) is 17.6 Å². The van der Waals surface area contributed by atoms with E-state index in [1.807, 2.05) is 24.3 Å². The highest BCUT2D eigenvalue weighted by molar-refractivity contribution is 7.88. The van der Waals surface area contributed by atoms with Gasteiger partial charge >= 0.3 is 0 Å². The summed E-state index contributed by atoms with van der Waals surface area (Å²) in [5.41, 5.74) is 8.09. The maximum Gasteiger partial charge on any atom is 0.215 e. The van der Waals surface area contributed by atoms with Gasteiger partial charge in [-0.2, -0.15) is 0 Å². The van der Waals surface area contributed by atoms with Crippen LogP contribution in [-0.4, -0.2) is 59.6 Å². The van der Waals surface area contributed by atoms with Gasteiger partial charge in [-0.05, 0) is 47.9 Å². The Bertz CT molecular complexity index is 1000. The van der Waals surface area contributed by atoms with Gasteiger partial charge in [0.2, 0.25) is 10.0 Å². The molecular weight excluding hydrogens is 480 g/mol. The quantitative estimate of drug-likeness (QED) is 0.273. The van der Waals surface area contributed by atoms with E-state index in [1.54, 1.807) is 38.5 Å². The second-order valence-corrected chi connectivity index (χ2v) is 11.3. The van der Waals surface area contributed by atoms with Crippen molar-refractivity contribution in [3.63, 3.8) is 0 Å². The molecule has 36 heavy (non-hydrogen) atoms. The molecule has 202 valence electrons. The minimum absolute atomic E-state index is 0.122. The predicted octanol–water partition coefficient (Wildman–Crippen LogP) is 3.12. The summed E-state index contributed by atoms with van der Waals surface area (Å²) in [6.45, 7) is 5.28. The second-order valence-electron chi connectivity index (χ2n) is 9.45. The summed E-state index contributed by atoms with van der Waals surface area (Å²) in [6.07, 6.45) is 1.08. The second kappa shape index (κ2) is 15.2. The molecule has 0 aliphatic carbocycles. The van der Waals surface area contributed by atoms with Crippen LogP contribution in [0.5, 0.6) is 11.5 Å². The summed E-state index contributed by atoms with van der Waals surface area (Å²) < 4.78 is 43.7. The Hall–Kier alpha value is -2.17. The molecule has 2 aromatic rings. The van der Waals surface area contributed by atoms with Crippen molar-refractivity contribution in [3.8, 4) is 11.5 Å². The fraction of sp³-hybridized carbons (Fsp3) is 0.556. The first-order valence-corrected chi connectivity index (χ1v) is 14.0. The van der Waals surface area contributed by atoms with Crippen molar-refractivity contribution in [1.82, 2.24) is 4.72 Å². The van der Waals surface area contributed by atoms with Gasteiger partial charge in [-0.3, -0.25) is 0 Å². The van der Waals surface area contributed by atoms with Crippen LogP contribution in [0.4, 0.5) is 0 Å². The summed E-state index contributed by atoms with van der Waals surface area (Å²) in [4.78, 5) is 0. The molecule has 9 heteroatoms. The van der Waals surface area contributed by atoms with Crippen LogP contribution < -0.4 is 19.9 Å². The Morgan fingerprint density at radius 3 is 2.36 bits per heavy atom. The van der Waals surface area contributed by atoms with Crippen LogP contribution in [0.1, 0.15) is 37.8 Å². The first-order valence-electron chi connectivity index (χ1n) is 12.4. The van der Waals surface area contributed by atoms with Crippen LogP contribution in [-0.2, 0) is 26.9 Å². The van der Waals surface area contributed by atoms with Crippen molar-refractivity contribution in [1.29, 1.82) is 0 Å². The Balaban J connectivity index is 1.95. The lowest BCUT2D eigenvalue weighted by atomic mass is 9.83. The van der Waals surface area contributed by atoms with Crippen molar-refractivity contribution < 1.29 is 27.7 Å². The van der Waals surface area contributed by atoms with Gasteiger partial charge < -0.3 is 25.1 Å². The molecule has 2 aromatic carbocycles. The Labute approximate surface area is 216 Å². The number of sulfonamides is 1. The Morgan fingerprint density at radius 1 is 1.00 bits per heavy atom. The molecule has 3 atom stereocenters. The molecule has 2 rings (SSSR count). The molecule has 0 heterocycles. The average Bonchev–Trinajstić information content (AvgIpc) is 2.85. The minimum atomic E-state index is -3.58. The van der Waals surface area contributed by atoms with Gasteiger partial charge in [0.15, 0.2) is 11.5 Å². The molecule has 3 unspecified atom stereocenters. The SMILES string of the molecule is COCCCOc1cc(CC(CC(N)C(O)CNS(=O)(=O)Cc2ccccc2)C(C)C)ccc1OC. The molecule has 0 aliphatic heterocycles.